The lowest BCUT2D eigenvalue weighted by molar-refractivity contribution is 0.577. The van der Waals surface area contributed by atoms with Crippen molar-refractivity contribution in [2.75, 3.05) is 0 Å². The summed E-state index contributed by atoms with van der Waals surface area (Å²) >= 11 is 4.27. The third kappa shape index (κ3) is 3.60. The fourth-order valence-corrected chi connectivity index (χ4v) is 8.38. The predicted octanol–water partition coefficient (Wildman–Crippen LogP) is 12.5. The number of halogens is 1. The first-order valence-electron chi connectivity index (χ1n) is 14.1. The molecule has 0 aliphatic rings. The number of hydrogen-bond donors (Lipinski definition) is 0. The Hall–Kier alpha value is -4.19. The van der Waals surface area contributed by atoms with Crippen LogP contribution in [0.5, 0.6) is 0 Å². The van der Waals surface area contributed by atoms with Gasteiger partial charge < -0.3 is 4.42 Å². The van der Waals surface area contributed by atoms with Gasteiger partial charge in [0.2, 0.25) is 0 Å². The Morgan fingerprint density at radius 1 is 0.500 bits per heavy atom. The van der Waals surface area contributed by atoms with Crippen molar-refractivity contribution in [1.29, 1.82) is 0 Å². The molecule has 0 fully saturated rings. The van der Waals surface area contributed by atoms with Crippen molar-refractivity contribution in [2.45, 2.75) is 4.43 Å². The van der Waals surface area contributed by atoms with Crippen molar-refractivity contribution in [3.05, 3.63) is 133 Å². The third-order valence-electron chi connectivity index (χ3n) is 8.57. The first-order valence-corrected chi connectivity index (χ1v) is 16.5. The number of fused-ring (bicyclic) bond motifs is 8. The Labute approximate surface area is 260 Å². The molecule has 0 unspecified atom stereocenters. The molecule has 0 aliphatic carbocycles. The van der Waals surface area contributed by atoms with Crippen LogP contribution >= 0.6 is 33.9 Å². The molecule has 9 aromatic rings. The van der Waals surface area contributed by atoms with Gasteiger partial charge in [-0.25, -0.2) is 0 Å². The molecule has 0 aliphatic heterocycles. The van der Waals surface area contributed by atoms with Crippen LogP contribution in [0.25, 0.3) is 85.7 Å². The van der Waals surface area contributed by atoms with Gasteiger partial charge in [-0.05, 0) is 78.8 Å². The number of alkyl halides is 1. The standard InChI is InChI=1S/C39H23IOS/c40-22-27-20-26-19-24(15-18-35(26)41-27)37-30-9-3-5-11-32(30)38(33-12-6-4-10-31(33)37)25-14-16-29-34-17-13-23-7-1-2-8-28(23)39(34)42-36(29)21-25/h1-21H,22H2. The topological polar surface area (TPSA) is 13.1 Å². The van der Waals surface area contributed by atoms with E-state index in [2.05, 4.69) is 150 Å². The Bertz CT molecular complexity index is 2460. The average molecular weight is 667 g/mol. The molecule has 7 aromatic carbocycles. The van der Waals surface area contributed by atoms with Crippen LogP contribution in [0.4, 0.5) is 0 Å². The molecule has 1 nitrogen and oxygen atoms in total. The summed E-state index contributed by atoms with van der Waals surface area (Å²) in [5, 5.41) is 11.5. The third-order valence-corrected chi connectivity index (χ3v) is 10.5. The number of benzene rings is 7. The van der Waals surface area contributed by atoms with Gasteiger partial charge in [0.1, 0.15) is 11.3 Å². The maximum absolute atomic E-state index is 6.03. The van der Waals surface area contributed by atoms with Crippen LogP contribution in [0.3, 0.4) is 0 Å². The minimum atomic E-state index is 0.864. The molecule has 2 heterocycles. The molecular formula is C39H23IOS. The highest BCUT2D eigenvalue weighted by molar-refractivity contribution is 14.1. The Kier molecular flexibility index (Phi) is 5.47. The summed E-state index contributed by atoms with van der Waals surface area (Å²) in [4.78, 5) is 0. The molecule has 2 aromatic heterocycles. The summed E-state index contributed by atoms with van der Waals surface area (Å²) in [6, 6.07) is 46.9. The second-order valence-electron chi connectivity index (χ2n) is 10.9. The fourth-order valence-electron chi connectivity index (χ4n) is 6.73. The average Bonchev–Trinajstić information content (AvgIpc) is 3.64. The monoisotopic (exact) mass is 666 g/mol. The van der Waals surface area contributed by atoms with Crippen LogP contribution in [0, 0.1) is 0 Å². The number of rotatable bonds is 3. The van der Waals surface area contributed by atoms with Crippen LogP contribution in [0.15, 0.2) is 132 Å². The first-order chi connectivity index (χ1) is 20.8. The molecule has 0 bridgehead atoms. The number of furan rings is 1. The SMILES string of the molecule is ICc1cc2cc(-c3c4ccccc4c(-c4ccc5c(c4)sc4c6ccccc6ccc54)c4ccccc34)ccc2o1. The minimum Gasteiger partial charge on any atom is -0.460 e. The summed E-state index contributed by atoms with van der Waals surface area (Å²) in [5.74, 6) is 1.01. The molecule has 0 atom stereocenters. The van der Waals surface area contributed by atoms with E-state index in [4.69, 9.17) is 4.42 Å². The van der Waals surface area contributed by atoms with E-state index in [1.54, 1.807) is 0 Å². The Morgan fingerprint density at radius 2 is 1.10 bits per heavy atom. The van der Waals surface area contributed by atoms with Gasteiger partial charge in [0.25, 0.3) is 0 Å². The zero-order valence-electron chi connectivity index (χ0n) is 22.5. The maximum atomic E-state index is 6.03. The van der Waals surface area contributed by atoms with E-state index in [0.717, 1.165) is 21.2 Å². The molecule has 0 saturated heterocycles. The van der Waals surface area contributed by atoms with Gasteiger partial charge in [0.15, 0.2) is 0 Å². The first kappa shape index (κ1) is 24.4. The summed E-state index contributed by atoms with van der Waals surface area (Å²) in [5.41, 5.74) is 5.99. The minimum absolute atomic E-state index is 0.864. The summed E-state index contributed by atoms with van der Waals surface area (Å²) in [6.07, 6.45) is 0. The molecular weight excluding hydrogens is 643 g/mol. The summed E-state index contributed by atoms with van der Waals surface area (Å²) in [7, 11) is 0. The largest absolute Gasteiger partial charge is 0.460 e. The highest BCUT2D eigenvalue weighted by Crippen LogP contribution is 2.46. The van der Waals surface area contributed by atoms with Gasteiger partial charge in [-0.1, -0.05) is 126 Å². The zero-order valence-corrected chi connectivity index (χ0v) is 25.5. The molecule has 3 heteroatoms. The van der Waals surface area contributed by atoms with Crippen LogP contribution < -0.4 is 0 Å². The van der Waals surface area contributed by atoms with Crippen LogP contribution in [0.1, 0.15) is 5.76 Å². The van der Waals surface area contributed by atoms with Crippen molar-refractivity contribution in [3.63, 3.8) is 0 Å². The molecule has 0 spiro atoms. The quantitative estimate of drug-likeness (QED) is 0.104. The second kappa shape index (κ2) is 9.41. The van der Waals surface area contributed by atoms with E-state index < -0.39 is 0 Å². The van der Waals surface area contributed by atoms with E-state index in [9.17, 15) is 0 Å². The smallest absolute Gasteiger partial charge is 0.134 e. The highest BCUT2D eigenvalue weighted by Gasteiger charge is 2.18. The maximum Gasteiger partial charge on any atom is 0.134 e. The highest BCUT2D eigenvalue weighted by atomic mass is 127. The van der Waals surface area contributed by atoms with Crippen molar-refractivity contribution in [1.82, 2.24) is 0 Å². The second-order valence-corrected chi connectivity index (χ2v) is 12.7. The summed E-state index contributed by atoms with van der Waals surface area (Å²) < 4.78 is 9.59. The van der Waals surface area contributed by atoms with Crippen LogP contribution in [-0.4, -0.2) is 0 Å². The number of thiophene rings is 1. The van der Waals surface area contributed by atoms with Gasteiger partial charge >= 0.3 is 0 Å². The van der Waals surface area contributed by atoms with Gasteiger partial charge in [-0.15, -0.1) is 11.3 Å². The summed E-state index contributed by atoms with van der Waals surface area (Å²) in [6.45, 7) is 0. The Morgan fingerprint density at radius 3 is 1.79 bits per heavy atom. The zero-order chi connectivity index (χ0) is 27.8. The predicted molar refractivity (Wildman–Crippen MR) is 190 cm³/mol. The lowest BCUT2D eigenvalue weighted by Gasteiger charge is -2.17. The molecule has 42 heavy (non-hydrogen) atoms. The van der Waals surface area contributed by atoms with Crippen molar-refractivity contribution in [3.8, 4) is 22.3 Å². The normalized spacial score (nSPS) is 12.0. The lowest BCUT2D eigenvalue weighted by Crippen LogP contribution is -1.90. The molecule has 0 saturated carbocycles. The fraction of sp³-hybridized carbons (Fsp3) is 0.0256. The molecule has 0 N–H and O–H groups in total. The van der Waals surface area contributed by atoms with Gasteiger partial charge in [0, 0.05) is 25.6 Å². The molecule has 0 amide bonds. The number of hydrogen-bond acceptors (Lipinski definition) is 2. The van der Waals surface area contributed by atoms with Gasteiger partial charge in [0.05, 0.1) is 4.43 Å². The van der Waals surface area contributed by atoms with E-state index in [0.29, 0.717) is 0 Å². The van der Waals surface area contributed by atoms with E-state index >= 15 is 0 Å². The van der Waals surface area contributed by atoms with E-state index in [1.165, 1.54) is 74.7 Å². The van der Waals surface area contributed by atoms with Crippen molar-refractivity contribution in [2.24, 2.45) is 0 Å². The van der Waals surface area contributed by atoms with E-state index in [-0.39, 0.29) is 0 Å². The lowest BCUT2D eigenvalue weighted by atomic mass is 9.85. The molecule has 198 valence electrons. The van der Waals surface area contributed by atoms with Gasteiger partial charge in [-0.2, -0.15) is 0 Å². The Balaban J connectivity index is 1.33. The molecule has 9 rings (SSSR count). The van der Waals surface area contributed by atoms with Crippen molar-refractivity contribution < 1.29 is 4.42 Å². The van der Waals surface area contributed by atoms with Gasteiger partial charge in [-0.3, -0.25) is 0 Å². The van der Waals surface area contributed by atoms with Crippen molar-refractivity contribution >= 4 is 97.4 Å². The molecule has 0 radical (unpaired) electrons. The van der Waals surface area contributed by atoms with E-state index in [1.807, 2.05) is 11.3 Å². The van der Waals surface area contributed by atoms with Crippen LogP contribution in [-0.2, 0) is 4.43 Å². The van der Waals surface area contributed by atoms with Crippen LogP contribution in [0.2, 0.25) is 0 Å².